The van der Waals surface area contributed by atoms with E-state index < -0.39 is 0 Å². The van der Waals surface area contributed by atoms with Crippen LogP contribution < -0.4 is 5.73 Å². The highest BCUT2D eigenvalue weighted by molar-refractivity contribution is 5.11. The van der Waals surface area contributed by atoms with Gasteiger partial charge in [-0.2, -0.15) is 0 Å². The lowest BCUT2D eigenvalue weighted by atomic mass is 10.3. The molecule has 12 heavy (non-hydrogen) atoms. The van der Waals surface area contributed by atoms with Crippen LogP contribution in [0.5, 0.6) is 0 Å². The van der Waals surface area contributed by atoms with Crippen molar-refractivity contribution in [2.75, 3.05) is 13.1 Å². The minimum atomic E-state index is 0.623. The molecule has 0 radical (unpaired) electrons. The zero-order valence-corrected chi connectivity index (χ0v) is 6.98. The summed E-state index contributed by atoms with van der Waals surface area (Å²) in [6, 6.07) is 4.72. The van der Waals surface area contributed by atoms with Crippen molar-refractivity contribution in [1.82, 2.24) is 9.88 Å². The fourth-order valence-corrected chi connectivity index (χ4v) is 1.36. The van der Waals surface area contributed by atoms with Crippen LogP contribution in [-0.4, -0.2) is 29.0 Å². The summed E-state index contributed by atoms with van der Waals surface area (Å²) in [5.74, 6) is 0. The number of aromatic nitrogens is 1. The summed E-state index contributed by atoms with van der Waals surface area (Å²) in [5.41, 5.74) is 6.84. The summed E-state index contributed by atoms with van der Waals surface area (Å²) >= 11 is 0. The summed E-state index contributed by atoms with van der Waals surface area (Å²) < 4.78 is 0. The van der Waals surface area contributed by atoms with Crippen molar-refractivity contribution in [2.24, 2.45) is 5.73 Å². The molecule has 3 nitrogen and oxygen atoms in total. The summed E-state index contributed by atoms with van der Waals surface area (Å²) in [4.78, 5) is 6.33. The molecule has 2 heterocycles. The van der Waals surface area contributed by atoms with E-state index in [0.29, 0.717) is 6.04 Å². The van der Waals surface area contributed by atoms with Crippen LogP contribution in [0.1, 0.15) is 5.56 Å². The van der Waals surface area contributed by atoms with Crippen LogP contribution in [0.2, 0.25) is 0 Å². The van der Waals surface area contributed by atoms with E-state index in [1.807, 2.05) is 24.5 Å². The minimum absolute atomic E-state index is 0.623. The molecule has 2 N–H and O–H groups in total. The number of hydrogen-bond acceptors (Lipinski definition) is 3. The Morgan fingerprint density at radius 2 is 2.25 bits per heavy atom. The Hall–Kier alpha value is -0.930. The molecule has 0 bridgehead atoms. The lowest BCUT2D eigenvalue weighted by molar-refractivity contribution is 0.504. The highest BCUT2D eigenvalue weighted by atomic mass is 15.3. The van der Waals surface area contributed by atoms with Crippen molar-refractivity contribution in [1.29, 1.82) is 0 Å². The van der Waals surface area contributed by atoms with Crippen LogP contribution in [0.4, 0.5) is 0 Å². The first-order chi connectivity index (χ1) is 5.90. The summed E-state index contributed by atoms with van der Waals surface area (Å²) in [5, 5.41) is 0. The van der Waals surface area contributed by atoms with Crippen LogP contribution in [0.15, 0.2) is 24.5 Å². The van der Waals surface area contributed by atoms with E-state index in [1.165, 1.54) is 5.56 Å². The topological polar surface area (TPSA) is 41.9 Å². The summed E-state index contributed by atoms with van der Waals surface area (Å²) in [6.45, 7) is 2.95. The maximum Gasteiger partial charge on any atom is 0.0350 e. The van der Waals surface area contributed by atoms with Crippen LogP contribution in [0.25, 0.3) is 0 Å². The van der Waals surface area contributed by atoms with Crippen LogP contribution in [0, 0.1) is 0 Å². The average molecular weight is 163 g/mol. The van der Waals surface area contributed by atoms with Crippen LogP contribution >= 0.6 is 0 Å². The number of rotatable bonds is 3. The number of hydrogen-bond donors (Lipinski definition) is 1. The lowest BCUT2D eigenvalue weighted by Gasteiger charge is -2.01. The molecule has 1 aromatic rings. The van der Waals surface area contributed by atoms with Crippen LogP contribution in [0.3, 0.4) is 0 Å². The first-order valence-corrected chi connectivity index (χ1v) is 4.23. The standard InChI is InChI=1S/C9H13N3/c10-5-9-7-12(9)6-8-1-3-11-4-2-8/h1-4,9H,5-7,10H2. The van der Waals surface area contributed by atoms with Gasteiger partial charge in [-0.25, -0.2) is 0 Å². The third-order valence-corrected chi connectivity index (χ3v) is 2.24. The molecule has 0 aromatic carbocycles. The second-order valence-electron chi connectivity index (χ2n) is 3.17. The van der Waals surface area contributed by atoms with Crippen molar-refractivity contribution < 1.29 is 0 Å². The highest BCUT2D eigenvalue weighted by Crippen LogP contribution is 2.18. The molecule has 2 rings (SSSR count). The maximum atomic E-state index is 5.52. The molecule has 1 saturated heterocycles. The lowest BCUT2D eigenvalue weighted by Crippen LogP contribution is -2.12. The SMILES string of the molecule is NCC1CN1Cc1ccncc1. The van der Waals surface area contributed by atoms with E-state index in [2.05, 4.69) is 9.88 Å². The number of pyridine rings is 1. The quantitative estimate of drug-likeness (QED) is 0.648. The Morgan fingerprint density at radius 3 is 2.83 bits per heavy atom. The van der Waals surface area contributed by atoms with Gasteiger partial charge >= 0.3 is 0 Å². The highest BCUT2D eigenvalue weighted by Gasteiger charge is 2.31. The zero-order chi connectivity index (χ0) is 8.39. The van der Waals surface area contributed by atoms with Gasteiger partial charge in [0.1, 0.15) is 0 Å². The number of nitrogens with two attached hydrogens (primary N) is 1. The van der Waals surface area contributed by atoms with Gasteiger partial charge in [0.2, 0.25) is 0 Å². The van der Waals surface area contributed by atoms with Gasteiger partial charge in [0.05, 0.1) is 0 Å². The Labute approximate surface area is 72.2 Å². The predicted molar refractivity (Wildman–Crippen MR) is 47.5 cm³/mol. The van der Waals surface area contributed by atoms with E-state index in [-0.39, 0.29) is 0 Å². The van der Waals surface area contributed by atoms with Gasteiger partial charge in [0.15, 0.2) is 0 Å². The Kier molecular flexibility index (Phi) is 2.06. The first kappa shape index (κ1) is 7.71. The van der Waals surface area contributed by atoms with E-state index in [1.54, 1.807) is 0 Å². The molecule has 0 amide bonds. The van der Waals surface area contributed by atoms with Crippen molar-refractivity contribution >= 4 is 0 Å². The van der Waals surface area contributed by atoms with Gasteiger partial charge in [0, 0.05) is 38.1 Å². The van der Waals surface area contributed by atoms with Gasteiger partial charge in [-0.15, -0.1) is 0 Å². The molecule has 64 valence electrons. The minimum Gasteiger partial charge on any atom is -0.329 e. The third-order valence-electron chi connectivity index (χ3n) is 2.24. The molecule has 3 heteroatoms. The van der Waals surface area contributed by atoms with Gasteiger partial charge < -0.3 is 5.73 Å². The van der Waals surface area contributed by atoms with Gasteiger partial charge in [-0.05, 0) is 17.7 Å². The average Bonchev–Trinajstić information content (AvgIpc) is 2.85. The fraction of sp³-hybridized carbons (Fsp3) is 0.444. The molecule has 1 aliphatic rings. The Balaban J connectivity index is 1.89. The second-order valence-corrected chi connectivity index (χ2v) is 3.17. The molecule has 0 aliphatic carbocycles. The van der Waals surface area contributed by atoms with E-state index >= 15 is 0 Å². The van der Waals surface area contributed by atoms with E-state index in [9.17, 15) is 0 Å². The van der Waals surface area contributed by atoms with Crippen molar-refractivity contribution in [2.45, 2.75) is 12.6 Å². The molecule has 1 fully saturated rings. The van der Waals surface area contributed by atoms with Gasteiger partial charge in [0.25, 0.3) is 0 Å². The molecule has 2 atom stereocenters. The molecular formula is C9H13N3. The van der Waals surface area contributed by atoms with Crippen molar-refractivity contribution in [3.8, 4) is 0 Å². The molecular weight excluding hydrogens is 150 g/mol. The molecule has 0 spiro atoms. The Morgan fingerprint density at radius 1 is 1.50 bits per heavy atom. The largest absolute Gasteiger partial charge is 0.329 e. The number of nitrogens with zero attached hydrogens (tertiary/aromatic N) is 2. The van der Waals surface area contributed by atoms with Gasteiger partial charge in [-0.1, -0.05) is 0 Å². The Bertz CT molecular complexity index is 247. The predicted octanol–water partition coefficient (Wildman–Crippen LogP) is 0.224. The monoisotopic (exact) mass is 163 g/mol. The summed E-state index contributed by atoms with van der Waals surface area (Å²) in [7, 11) is 0. The first-order valence-electron chi connectivity index (χ1n) is 4.23. The maximum absolute atomic E-state index is 5.52. The molecule has 1 aliphatic heterocycles. The fourth-order valence-electron chi connectivity index (χ4n) is 1.36. The normalized spacial score (nSPS) is 27.1. The molecule has 0 saturated carbocycles. The molecule has 2 unspecified atom stereocenters. The van der Waals surface area contributed by atoms with E-state index in [0.717, 1.165) is 19.6 Å². The smallest absolute Gasteiger partial charge is 0.0350 e. The van der Waals surface area contributed by atoms with E-state index in [4.69, 9.17) is 5.73 Å². The second kappa shape index (κ2) is 3.21. The van der Waals surface area contributed by atoms with Crippen LogP contribution in [-0.2, 0) is 6.54 Å². The van der Waals surface area contributed by atoms with Crippen molar-refractivity contribution in [3.05, 3.63) is 30.1 Å². The van der Waals surface area contributed by atoms with Gasteiger partial charge in [-0.3, -0.25) is 9.88 Å². The third kappa shape index (κ3) is 1.62. The molecule has 1 aromatic heterocycles. The zero-order valence-electron chi connectivity index (χ0n) is 6.98. The summed E-state index contributed by atoms with van der Waals surface area (Å²) in [6.07, 6.45) is 3.66. The van der Waals surface area contributed by atoms with Crippen molar-refractivity contribution in [3.63, 3.8) is 0 Å².